The number of amides is 1. The Bertz CT molecular complexity index is 696. The molecule has 24 heavy (non-hydrogen) atoms. The van der Waals surface area contributed by atoms with E-state index < -0.39 is 0 Å². The standard InChI is InChI=1S/C16H23N5O2S/c1-12-10-24-15(18-12)7-20-5-13-4-17-11-21(13)14(6-20)8-23-9-16(22)19(2)3/h4,10-11,14H,5-9H2,1-3H3/t14-/m1/s1. The number of hydrogen-bond acceptors (Lipinski definition) is 6. The Hall–Kier alpha value is -1.77. The van der Waals surface area contributed by atoms with E-state index in [0.717, 1.165) is 30.3 Å². The number of carbonyl (C=O) groups excluding carboxylic acids is 1. The van der Waals surface area contributed by atoms with Gasteiger partial charge in [0.1, 0.15) is 11.6 Å². The SMILES string of the molecule is Cc1csc(CN2Cc3cncn3[C@@H](COCC(=O)N(C)C)C2)n1. The molecule has 1 atom stereocenters. The molecule has 0 aliphatic carbocycles. The second-order valence-electron chi connectivity index (χ2n) is 6.30. The predicted octanol–water partition coefficient (Wildman–Crippen LogP) is 1.31. The molecule has 130 valence electrons. The second kappa shape index (κ2) is 7.42. The summed E-state index contributed by atoms with van der Waals surface area (Å²) < 4.78 is 7.80. The minimum atomic E-state index is -0.0215. The molecule has 1 aliphatic heterocycles. The van der Waals surface area contributed by atoms with Gasteiger partial charge in [0.2, 0.25) is 5.91 Å². The van der Waals surface area contributed by atoms with Crippen LogP contribution < -0.4 is 0 Å². The van der Waals surface area contributed by atoms with Crippen LogP contribution in [-0.2, 0) is 22.6 Å². The van der Waals surface area contributed by atoms with Crippen molar-refractivity contribution in [3.63, 3.8) is 0 Å². The van der Waals surface area contributed by atoms with Crippen LogP contribution in [0.4, 0.5) is 0 Å². The molecule has 0 fully saturated rings. The number of ether oxygens (including phenoxy) is 1. The van der Waals surface area contributed by atoms with Gasteiger partial charge in [-0.05, 0) is 6.92 Å². The zero-order valence-electron chi connectivity index (χ0n) is 14.3. The Morgan fingerprint density at radius 1 is 1.50 bits per heavy atom. The van der Waals surface area contributed by atoms with Gasteiger partial charge < -0.3 is 14.2 Å². The molecule has 2 aromatic rings. The van der Waals surface area contributed by atoms with Gasteiger partial charge in [-0.25, -0.2) is 9.97 Å². The van der Waals surface area contributed by atoms with Crippen LogP contribution >= 0.6 is 11.3 Å². The lowest BCUT2D eigenvalue weighted by atomic mass is 10.2. The lowest BCUT2D eigenvalue weighted by Gasteiger charge is -2.33. The Balaban J connectivity index is 1.62. The average molecular weight is 349 g/mol. The fourth-order valence-corrected chi connectivity index (χ4v) is 3.61. The first-order valence-electron chi connectivity index (χ1n) is 7.95. The Kier molecular flexibility index (Phi) is 5.27. The number of rotatable bonds is 6. The molecule has 3 heterocycles. The summed E-state index contributed by atoms with van der Waals surface area (Å²) in [5.41, 5.74) is 2.24. The van der Waals surface area contributed by atoms with Crippen molar-refractivity contribution in [2.24, 2.45) is 0 Å². The number of thiazole rings is 1. The molecule has 2 aromatic heterocycles. The highest BCUT2D eigenvalue weighted by Gasteiger charge is 2.26. The summed E-state index contributed by atoms with van der Waals surface area (Å²) in [4.78, 5) is 24.4. The molecule has 1 aliphatic rings. The van der Waals surface area contributed by atoms with Crippen molar-refractivity contribution in [3.05, 3.63) is 34.3 Å². The molecule has 1 amide bonds. The fourth-order valence-electron chi connectivity index (χ4n) is 2.79. The van der Waals surface area contributed by atoms with E-state index in [1.807, 2.05) is 19.4 Å². The molecule has 0 bridgehead atoms. The maximum Gasteiger partial charge on any atom is 0.248 e. The molecule has 0 unspecified atom stereocenters. The monoisotopic (exact) mass is 349 g/mol. The third-order valence-electron chi connectivity index (χ3n) is 4.05. The van der Waals surface area contributed by atoms with E-state index in [2.05, 4.69) is 24.8 Å². The number of hydrogen-bond donors (Lipinski definition) is 0. The van der Waals surface area contributed by atoms with Crippen molar-refractivity contribution in [1.29, 1.82) is 0 Å². The summed E-state index contributed by atoms with van der Waals surface area (Å²) in [6.07, 6.45) is 3.75. The first-order chi connectivity index (χ1) is 11.5. The quantitative estimate of drug-likeness (QED) is 0.787. The number of fused-ring (bicyclic) bond motifs is 1. The zero-order valence-corrected chi connectivity index (χ0v) is 15.1. The number of carbonyl (C=O) groups is 1. The molecule has 0 aromatic carbocycles. The first kappa shape index (κ1) is 17.1. The summed E-state index contributed by atoms with van der Waals surface area (Å²) in [6.45, 7) is 5.17. The smallest absolute Gasteiger partial charge is 0.248 e. The molecular formula is C16H23N5O2S. The van der Waals surface area contributed by atoms with E-state index in [1.54, 1.807) is 30.3 Å². The Labute approximate surface area is 145 Å². The van der Waals surface area contributed by atoms with Crippen molar-refractivity contribution in [1.82, 2.24) is 24.3 Å². The third-order valence-corrected chi connectivity index (χ3v) is 5.01. The van der Waals surface area contributed by atoms with Crippen LogP contribution in [0, 0.1) is 6.92 Å². The second-order valence-corrected chi connectivity index (χ2v) is 7.24. The van der Waals surface area contributed by atoms with Crippen LogP contribution in [0.25, 0.3) is 0 Å². The maximum absolute atomic E-state index is 11.7. The van der Waals surface area contributed by atoms with Crippen LogP contribution in [0.1, 0.15) is 22.4 Å². The largest absolute Gasteiger partial charge is 0.369 e. The molecule has 0 spiro atoms. The number of aromatic nitrogens is 3. The van der Waals surface area contributed by atoms with Crippen LogP contribution in [0.3, 0.4) is 0 Å². The summed E-state index contributed by atoms with van der Waals surface area (Å²) in [5.74, 6) is -0.0215. The summed E-state index contributed by atoms with van der Waals surface area (Å²) in [5, 5.41) is 3.21. The summed E-state index contributed by atoms with van der Waals surface area (Å²) in [7, 11) is 3.47. The molecule has 3 rings (SSSR count). The van der Waals surface area contributed by atoms with E-state index in [1.165, 1.54) is 5.69 Å². The Morgan fingerprint density at radius 3 is 3.04 bits per heavy atom. The molecule has 0 saturated heterocycles. The highest BCUT2D eigenvalue weighted by Crippen LogP contribution is 2.23. The maximum atomic E-state index is 11.7. The molecule has 0 N–H and O–H groups in total. The molecular weight excluding hydrogens is 326 g/mol. The molecule has 7 nitrogen and oxygen atoms in total. The predicted molar refractivity (Wildman–Crippen MR) is 91.7 cm³/mol. The minimum absolute atomic E-state index is 0.0215. The van der Waals surface area contributed by atoms with E-state index in [-0.39, 0.29) is 18.6 Å². The van der Waals surface area contributed by atoms with Crippen molar-refractivity contribution < 1.29 is 9.53 Å². The minimum Gasteiger partial charge on any atom is -0.369 e. The van der Waals surface area contributed by atoms with E-state index >= 15 is 0 Å². The van der Waals surface area contributed by atoms with Gasteiger partial charge in [0.05, 0.1) is 31.2 Å². The number of nitrogens with zero attached hydrogens (tertiary/aromatic N) is 5. The highest BCUT2D eigenvalue weighted by atomic mass is 32.1. The lowest BCUT2D eigenvalue weighted by molar-refractivity contribution is -0.134. The zero-order chi connectivity index (χ0) is 17.1. The first-order valence-corrected chi connectivity index (χ1v) is 8.83. The Morgan fingerprint density at radius 2 is 2.33 bits per heavy atom. The molecule has 0 saturated carbocycles. The van der Waals surface area contributed by atoms with Crippen LogP contribution in [0.15, 0.2) is 17.9 Å². The average Bonchev–Trinajstić information content (AvgIpc) is 3.16. The van der Waals surface area contributed by atoms with Gasteiger partial charge >= 0.3 is 0 Å². The van der Waals surface area contributed by atoms with Gasteiger partial charge in [0, 0.05) is 44.5 Å². The summed E-state index contributed by atoms with van der Waals surface area (Å²) in [6, 6.07) is 0.160. The van der Waals surface area contributed by atoms with Crippen LogP contribution in [-0.4, -0.2) is 64.1 Å². The van der Waals surface area contributed by atoms with Gasteiger partial charge in [0.25, 0.3) is 0 Å². The lowest BCUT2D eigenvalue weighted by Crippen LogP contribution is -2.39. The van der Waals surface area contributed by atoms with E-state index in [0.29, 0.717) is 6.61 Å². The fraction of sp³-hybridized carbons (Fsp3) is 0.562. The van der Waals surface area contributed by atoms with Crippen molar-refractivity contribution in [3.8, 4) is 0 Å². The number of aryl methyl sites for hydroxylation is 1. The van der Waals surface area contributed by atoms with E-state index in [9.17, 15) is 4.79 Å². The van der Waals surface area contributed by atoms with E-state index in [4.69, 9.17) is 4.74 Å². The summed E-state index contributed by atoms with van der Waals surface area (Å²) >= 11 is 1.70. The van der Waals surface area contributed by atoms with Gasteiger partial charge in [-0.15, -0.1) is 11.3 Å². The van der Waals surface area contributed by atoms with Crippen molar-refractivity contribution in [2.75, 3.05) is 33.9 Å². The molecule has 8 heteroatoms. The van der Waals surface area contributed by atoms with Crippen molar-refractivity contribution in [2.45, 2.75) is 26.1 Å². The number of likely N-dealkylation sites (N-methyl/N-ethyl adjacent to an activating group) is 1. The topological polar surface area (TPSA) is 63.5 Å². The van der Waals surface area contributed by atoms with Gasteiger partial charge in [-0.1, -0.05) is 0 Å². The van der Waals surface area contributed by atoms with Gasteiger partial charge in [-0.2, -0.15) is 0 Å². The van der Waals surface area contributed by atoms with Gasteiger partial charge in [0.15, 0.2) is 0 Å². The van der Waals surface area contributed by atoms with Gasteiger partial charge in [-0.3, -0.25) is 9.69 Å². The van der Waals surface area contributed by atoms with Crippen LogP contribution in [0.5, 0.6) is 0 Å². The highest BCUT2D eigenvalue weighted by molar-refractivity contribution is 7.09. The molecule has 0 radical (unpaired) electrons. The number of imidazole rings is 1. The van der Waals surface area contributed by atoms with Crippen LogP contribution in [0.2, 0.25) is 0 Å². The van der Waals surface area contributed by atoms with Crippen molar-refractivity contribution >= 4 is 17.2 Å². The third kappa shape index (κ3) is 4.00. The normalized spacial score (nSPS) is 17.7.